The van der Waals surface area contributed by atoms with Crippen molar-refractivity contribution in [3.63, 3.8) is 0 Å². The third kappa shape index (κ3) is 8.75. The number of nitrogens with two attached hydrogens (primary N) is 2. The molecule has 2 fully saturated rings. The molecular weight excluding hydrogens is 837 g/mol. The zero-order chi connectivity index (χ0) is 45.5. The maximum atomic E-state index is 15.0. The van der Waals surface area contributed by atoms with Crippen LogP contribution < -0.4 is 11.5 Å². The molecule has 0 bridgehead atoms. The Morgan fingerprint density at radius 1 is 0.609 bits per heavy atom. The van der Waals surface area contributed by atoms with Crippen molar-refractivity contribution in [1.82, 2.24) is 29.7 Å². The molecule has 0 radical (unpaired) electrons. The van der Waals surface area contributed by atoms with Crippen molar-refractivity contribution in [2.24, 2.45) is 11.5 Å². The Labute approximate surface area is 363 Å². The molecule has 18 heteroatoms. The summed E-state index contributed by atoms with van der Waals surface area (Å²) >= 11 is 0. The molecule has 2 aliphatic heterocycles. The van der Waals surface area contributed by atoms with Gasteiger partial charge in [-0.05, 0) is 41.7 Å². The maximum Gasteiger partial charge on any atom is 0.405 e. The van der Waals surface area contributed by atoms with Crippen LogP contribution in [-0.4, -0.2) is 78.7 Å². The van der Waals surface area contributed by atoms with E-state index in [2.05, 4.69) is 19.9 Å². The molecule has 0 spiro atoms. The second-order valence-electron chi connectivity index (χ2n) is 15.9. The maximum absolute atomic E-state index is 15.0. The SMILES string of the molecule is Cc1c(-c2ccc(-c3cnc(C4CC(F)(F)CN4C(=O)[C@H](OC(N)=O)c4ccccc4)[nH]3)cc2)ccc(-c2cnc(C3CC(F)(F)CN3C(=O)[C@H](OC(N)=O)c3ccccc3)[nH]2)c1C. The van der Waals surface area contributed by atoms with Crippen molar-refractivity contribution >= 4 is 24.0 Å². The lowest BCUT2D eigenvalue weighted by Gasteiger charge is -2.27. The second-order valence-corrected chi connectivity index (χ2v) is 15.9. The molecule has 330 valence electrons. The van der Waals surface area contributed by atoms with Gasteiger partial charge in [0.25, 0.3) is 23.7 Å². The zero-order valence-corrected chi connectivity index (χ0v) is 34.4. The van der Waals surface area contributed by atoms with E-state index in [1.165, 1.54) is 36.7 Å². The number of primary amides is 2. The standard InChI is InChI=1S/C46H42F4N8O6/c1-25-26(2)32(34-22-54-40(56-34)36-20-46(49,50)24-58(36)42(60)38(64-44(52)62)30-11-7-4-8-12-30)18-17-31(25)27-13-15-28(16-14-27)33-21-53-39(55-33)35-19-45(47,48)23-57(35)41(59)37(63-43(51)61)29-9-5-3-6-10-29/h3-18,21-22,35-38H,19-20,23-24H2,1-2H3,(H2,51,61)(H2,52,62)(H,53,55)(H,54,56)/t35?,36?,37-,38-/m1/s1. The Kier molecular flexibility index (Phi) is 11.5. The number of alkyl halides is 4. The van der Waals surface area contributed by atoms with Crippen LogP contribution in [-0.2, 0) is 19.1 Å². The Hall–Kier alpha value is -7.50. The largest absolute Gasteiger partial charge is 0.431 e. The first-order valence-corrected chi connectivity index (χ1v) is 20.2. The van der Waals surface area contributed by atoms with Crippen LogP contribution in [0.4, 0.5) is 27.2 Å². The number of aromatic nitrogens is 4. The molecule has 6 N–H and O–H groups in total. The molecule has 6 aromatic rings. The van der Waals surface area contributed by atoms with Crippen LogP contribution in [0.3, 0.4) is 0 Å². The van der Waals surface area contributed by atoms with Gasteiger partial charge >= 0.3 is 12.2 Å². The molecule has 2 aromatic heterocycles. The van der Waals surface area contributed by atoms with E-state index in [4.69, 9.17) is 20.9 Å². The van der Waals surface area contributed by atoms with Gasteiger partial charge in [-0.2, -0.15) is 0 Å². The number of imidazole rings is 2. The van der Waals surface area contributed by atoms with E-state index in [0.717, 1.165) is 37.6 Å². The second kappa shape index (κ2) is 17.0. The van der Waals surface area contributed by atoms with Gasteiger partial charge in [-0.25, -0.2) is 37.1 Å². The molecule has 4 atom stereocenters. The number of aromatic amines is 2. The number of carbonyl (C=O) groups excluding carboxylic acids is 4. The highest BCUT2D eigenvalue weighted by Gasteiger charge is 2.52. The Morgan fingerprint density at radius 2 is 1.02 bits per heavy atom. The summed E-state index contributed by atoms with van der Waals surface area (Å²) in [5, 5.41) is 0. The van der Waals surface area contributed by atoms with Gasteiger partial charge in [0.05, 0.1) is 49.0 Å². The number of ether oxygens (including phenoxy) is 2. The first-order chi connectivity index (χ1) is 30.5. The van der Waals surface area contributed by atoms with E-state index in [1.54, 1.807) is 36.4 Å². The van der Waals surface area contributed by atoms with Gasteiger partial charge in [-0.15, -0.1) is 0 Å². The first-order valence-electron chi connectivity index (χ1n) is 20.2. The summed E-state index contributed by atoms with van der Waals surface area (Å²) in [4.78, 5) is 68.0. The molecule has 14 nitrogen and oxygen atoms in total. The zero-order valence-electron chi connectivity index (χ0n) is 34.4. The van der Waals surface area contributed by atoms with E-state index in [-0.39, 0.29) is 22.8 Å². The van der Waals surface area contributed by atoms with Crippen LogP contribution in [0.15, 0.2) is 109 Å². The van der Waals surface area contributed by atoms with Crippen molar-refractivity contribution in [1.29, 1.82) is 0 Å². The minimum atomic E-state index is -3.24. The van der Waals surface area contributed by atoms with Gasteiger partial charge in [0, 0.05) is 29.5 Å². The molecule has 4 aromatic carbocycles. The van der Waals surface area contributed by atoms with E-state index in [9.17, 15) is 28.0 Å². The smallest absolute Gasteiger partial charge is 0.405 e. The summed E-state index contributed by atoms with van der Waals surface area (Å²) in [5.41, 5.74) is 17.1. The fourth-order valence-corrected chi connectivity index (χ4v) is 8.45. The minimum absolute atomic E-state index is 0.133. The van der Waals surface area contributed by atoms with Gasteiger partial charge < -0.3 is 40.7 Å². The number of halogens is 4. The average molecular weight is 879 g/mol. The molecule has 2 unspecified atom stereocenters. The van der Waals surface area contributed by atoms with Crippen LogP contribution in [0.1, 0.15) is 71.0 Å². The number of rotatable bonds is 11. The summed E-state index contributed by atoms with van der Waals surface area (Å²) in [6, 6.07) is 25.0. The molecule has 8 rings (SSSR count). The number of hydrogen-bond donors (Lipinski definition) is 4. The van der Waals surface area contributed by atoms with Gasteiger partial charge in [-0.1, -0.05) is 97.1 Å². The summed E-state index contributed by atoms with van der Waals surface area (Å²) in [6.45, 7) is 2.05. The fourth-order valence-electron chi connectivity index (χ4n) is 8.45. The van der Waals surface area contributed by atoms with E-state index in [0.29, 0.717) is 17.0 Å². The van der Waals surface area contributed by atoms with Gasteiger partial charge in [0.2, 0.25) is 12.2 Å². The summed E-state index contributed by atoms with van der Waals surface area (Å²) < 4.78 is 70.1. The molecule has 2 aliphatic rings. The normalized spacial score (nSPS) is 18.7. The Balaban J connectivity index is 0.999. The Morgan fingerprint density at radius 3 is 1.48 bits per heavy atom. The van der Waals surface area contributed by atoms with Crippen molar-refractivity contribution in [3.05, 3.63) is 143 Å². The third-order valence-electron chi connectivity index (χ3n) is 11.6. The molecular formula is C46H42F4N8O6. The number of H-pyrrole nitrogens is 2. The molecule has 4 heterocycles. The minimum Gasteiger partial charge on any atom is -0.431 e. The Bertz CT molecular complexity index is 2710. The quantitative estimate of drug-likeness (QED) is 0.0932. The van der Waals surface area contributed by atoms with Crippen LogP contribution >= 0.6 is 0 Å². The fraction of sp³-hybridized carbons (Fsp3) is 0.261. The van der Waals surface area contributed by atoms with Crippen molar-refractivity contribution < 1.29 is 46.2 Å². The molecule has 2 saturated heterocycles. The number of benzene rings is 4. The number of amides is 4. The summed E-state index contributed by atoms with van der Waals surface area (Å²) in [6.07, 6.45) is -3.89. The highest BCUT2D eigenvalue weighted by Crippen LogP contribution is 2.44. The average Bonchev–Trinajstić information content (AvgIpc) is 4.08. The predicted molar refractivity (Wildman–Crippen MR) is 224 cm³/mol. The third-order valence-corrected chi connectivity index (χ3v) is 11.6. The topological polar surface area (TPSA) is 203 Å². The van der Waals surface area contributed by atoms with Gasteiger partial charge in [0.1, 0.15) is 11.6 Å². The number of carbonyl (C=O) groups is 4. The van der Waals surface area contributed by atoms with Crippen molar-refractivity contribution in [2.75, 3.05) is 13.1 Å². The number of nitrogens with zero attached hydrogens (tertiary/aromatic N) is 4. The van der Waals surface area contributed by atoms with Gasteiger partial charge in [-0.3, -0.25) is 9.59 Å². The van der Waals surface area contributed by atoms with E-state index >= 15 is 8.78 Å². The summed E-state index contributed by atoms with van der Waals surface area (Å²) in [7, 11) is 0. The van der Waals surface area contributed by atoms with E-state index in [1.807, 2.05) is 50.2 Å². The highest BCUT2D eigenvalue weighted by atomic mass is 19.3. The van der Waals surface area contributed by atoms with Crippen LogP contribution in [0.2, 0.25) is 0 Å². The molecule has 0 saturated carbocycles. The van der Waals surface area contributed by atoms with E-state index < -0.39 is 86.1 Å². The monoisotopic (exact) mass is 878 g/mol. The molecule has 0 aliphatic carbocycles. The lowest BCUT2D eigenvalue weighted by atomic mass is 9.92. The highest BCUT2D eigenvalue weighted by molar-refractivity contribution is 5.86. The number of hydrogen-bond acceptors (Lipinski definition) is 8. The van der Waals surface area contributed by atoms with Crippen molar-refractivity contribution in [3.8, 4) is 33.6 Å². The lowest BCUT2D eigenvalue weighted by Crippen LogP contribution is -2.39. The first kappa shape index (κ1) is 43.2. The number of likely N-dealkylation sites (tertiary alicyclic amines) is 2. The van der Waals surface area contributed by atoms with Crippen molar-refractivity contribution in [2.45, 2.75) is 62.8 Å². The summed E-state index contributed by atoms with van der Waals surface area (Å²) in [5.74, 6) is -7.92. The lowest BCUT2D eigenvalue weighted by molar-refractivity contribution is -0.143. The van der Waals surface area contributed by atoms with Crippen LogP contribution in [0, 0.1) is 13.8 Å². The van der Waals surface area contributed by atoms with Crippen LogP contribution in [0.25, 0.3) is 33.6 Å². The molecule has 4 amide bonds. The van der Waals surface area contributed by atoms with Crippen LogP contribution in [0.5, 0.6) is 0 Å². The van der Waals surface area contributed by atoms with Gasteiger partial charge in [0.15, 0.2) is 0 Å². The number of nitrogens with one attached hydrogen (secondary N) is 2. The predicted octanol–water partition coefficient (Wildman–Crippen LogP) is 8.24. The molecule has 64 heavy (non-hydrogen) atoms.